The summed E-state index contributed by atoms with van der Waals surface area (Å²) in [6.07, 6.45) is 8.06. The molecule has 1 unspecified atom stereocenters. The van der Waals surface area contributed by atoms with Gasteiger partial charge in [0.05, 0.1) is 12.1 Å². The molecule has 3 aliphatic rings. The molecule has 0 saturated heterocycles. The Morgan fingerprint density at radius 1 is 1.00 bits per heavy atom. The van der Waals surface area contributed by atoms with Crippen LogP contribution in [-0.2, 0) is 0 Å². The third-order valence-electron chi connectivity index (χ3n) is 4.63. The van der Waals surface area contributed by atoms with E-state index in [1.807, 2.05) is 0 Å². The molecular formula is C14H26N2O. The van der Waals surface area contributed by atoms with Crippen molar-refractivity contribution in [2.75, 3.05) is 26.2 Å². The minimum Gasteiger partial charge on any atom is -0.394 e. The molecule has 0 radical (unpaired) electrons. The van der Waals surface area contributed by atoms with Gasteiger partial charge in [0.1, 0.15) is 0 Å². The van der Waals surface area contributed by atoms with E-state index in [-0.39, 0.29) is 12.1 Å². The average Bonchev–Trinajstić information content (AvgIpc) is 3.15. The summed E-state index contributed by atoms with van der Waals surface area (Å²) in [6.45, 7) is 3.52. The molecule has 0 amide bonds. The highest BCUT2D eigenvalue weighted by molar-refractivity contribution is 5.01. The van der Waals surface area contributed by atoms with Gasteiger partial charge in [-0.2, -0.15) is 0 Å². The highest BCUT2D eigenvalue weighted by Gasteiger charge is 2.43. The Balaban J connectivity index is 1.56. The molecule has 3 fully saturated rings. The molecule has 0 aromatic carbocycles. The molecule has 98 valence electrons. The van der Waals surface area contributed by atoms with Crippen molar-refractivity contribution in [2.45, 2.75) is 44.1 Å². The zero-order valence-electron chi connectivity index (χ0n) is 10.8. The lowest BCUT2D eigenvalue weighted by atomic mass is 9.94. The highest BCUT2D eigenvalue weighted by atomic mass is 16.3. The predicted octanol–water partition coefficient (Wildman–Crippen LogP) is 1.21. The largest absolute Gasteiger partial charge is 0.394 e. The maximum atomic E-state index is 9.59. The molecule has 0 spiro atoms. The van der Waals surface area contributed by atoms with Gasteiger partial charge in [0, 0.05) is 19.6 Å². The molecule has 0 aromatic rings. The number of nitrogens with two attached hydrogens (primary N) is 1. The Labute approximate surface area is 104 Å². The van der Waals surface area contributed by atoms with Crippen molar-refractivity contribution in [1.82, 2.24) is 4.90 Å². The van der Waals surface area contributed by atoms with E-state index in [2.05, 4.69) is 4.90 Å². The van der Waals surface area contributed by atoms with Gasteiger partial charge < -0.3 is 15.7 Å². The fourth-order valence-electron chi connectivity index (χ4n) is 2.92. The second-order valence-corrected chi connectivity index (χ2v) is 6.75. The van der Waals surface area contributed by atoms with E-state index in [4.69, 9.17) is 5.73 Å². The van der Waals surface area contributed by atoms with Gasteiger partial charge in [-0.05, 0) is 56.3 Å². The van der Waals surface area contributed by atoms with Crippen LogP contribution in [-0.4, -0.2) is 41.8 Å². The molecule has 3 aliphatic carbocycles. The van der Waals surface area contributed by atoms with Crippen LogP contribution < -0.4 is 5.73 Å². The van der Waals surface area contributed by atoms with E-state index >= 15 is 0 Å². The average molecular weight is 238 g/mol. The summed E-state index contributed by atoms with van der Waals surface area (Å²) >= 11 is 0. The summed E-state index contributed by atoms with van der Waals surface area (Å²) in [5, 5.41) is 9.59. The minimum absolute atomic E-state index is 0.156. The number of hydrogen-bond donors (Lipinski definition) is 2. The normalized spacial score (nSPS) is 28.4. The first-order chi connectivity index (χ1) is 8.19. The first-order valence-corrected chi connectivity index (χ1v) is 7.32. The summed E-state index contributed by atoms with van der Waals surface area (Å²) in [4.78, 5) is 2.56. The molecule has 0 bridgehead atoms. The van der Waals surface area contributed by atoms with Crippen molar-refractivity contribution in [1.29, 1.82) is 0 Å². The first-order valence-electron chi connectivity index (χ1n) is 7.32. The van der Waals surface area contributed by atoms with Crippen LogP contribution in [0.4, 0.5) is 0 Å². The van der Waals surface area contributed by atoms with Gasteiger partial charge in [-0.1, -0.05) is 0 Å². The van der Waals surface area contributed by atoms with Crippen LogP contribution in [0.2, 0.25) is 0 Å². The Kier molecular flexibility index (Phi) is 3.18. The lowest BCUT2D eigenvalue weighted by molar-refractivity contribution is 0.115. The third-order valence-corrected chi connectivity index (χ3v) is 4.63. The number of nitrogens with zero attached hydrogens (tertiary/aromatic N) is 1. The zero-order chi connectivity index (χ0) is 11.9. The Bertz CT molecular complexity index is 257. The molecule has 0 heterocycles. The highest BCUT2D eigenvalue weighted by Crippen LogP contribution is 2.40. The fourth-order valence-corrected chi connectivity index (χ4v) is 2.92. The summed E-state index contributed by atoms with van der Waals surface area (Å²) in [5.41, 5.74) is 6.09. The van der Waals surface area contributed by atoms with Gasteiger partial charge in [0.2, 0.25) is 0 Å². The second kappa shape index (κ2) is 4.52. The molecule has 3 rings (SSSR count). The van der Waals surface area contributed by atoms with Gasteiger partial charge in [-0.15, -0.1) is 0 Å². The molecule has 3 N–H and O–H groups in total. The zero-order valence-corrected chi connectivity index (χ0v) is 10.8. The Morgan fingerprint density at radius 2 is 1.53 bits per heavy atom. The van der Waals surface area contributed by atoms with Crippen molar-refractivity contribution < 1.29 is 5.11 Å². The number of hydrogen-bond acceptors (Lipinski definition) is 3. The molecule has 3 saturated carbocycles. The molecule has 3 heteroatoms. The van der Waals surface area contributed by atoms with Crippen LogP contribution in [0.5, 0.6) is 0 Å². The maximum absolute atomic E-state index is 9.59. The Morgan fingerprint density at radius 3 is 1.88 bits per heavy atom. The smallest absolute Gasteiger partial charge is 0.0626 e. The van der Waals surface area contributed by atoms with Crippen molar-refractivity contribution in [3.63, 3.8) is 0 Å². The summed E-state index contributed by atoms with van der Waals surface area (Å²) in [6, 6.07) is 0. The van der Waals surface area contributed by atoms with E-state index in [9.17, 15) is 5.11 Å². The van der Waals surface area contributed by atoms with Gasteiger partial charge in [0.15, 0.2) is 0 Å². The van der Waals surface area contributed by atoms with Crippen LogP contribution in [0, 0.1) is 17.8 Å². The number of rotatable bonds is 8. The minimum atomic E-state index is -0.316. The van der Waals surface area contributed by atoms with Crippen LogP contribution in [0.15, 0.2) is 0 Å². The lowest BCUT2D eigenvalue weighted by Gasteiger charge is -2.34. The molecule has 0 aromatic heterocycles. The first kappa shape index (κ1) is 11.9. The molecule has 1 atom stereocenters. The van der Waals surface area contributed by atoms with E-state index < -0.39 is 0 Å². The Hall–Kier alpha value is -0.120. The van der Waals surface area contributed by atoms with Gasteiger partial charge in [-0.25, -0.2) is 0 Å². The summed E-state index contributed by atoms with van der Waals surface area (Å²) < 4.78 is 0. The van der Waals surface area contributed by atoms with E-state index in [1.165, 1.54) is 51.6 Å². The van der Waals surface area contributed by atoms with E-state index in [1.54, 1.807) is 0 Å². The fraction of sp³-hybridized carbons (Fsp3) is 1.00. The van der Waals surface area contributed by atoms with E-state index in [0.717, 1.165) is 18.4 Å². The molecular weight excluding hydrogens is 212 g/mol. The van der Waals surface area contributed by atoms with Crippen molar-refractivity contribution in [3.05, 3.63) is 0 Å². The van der Waals surface area contributed by atoms with Crippen LogP contribution >= 0.6 is 0 Å². The summed E-state index contributed by atoms with van der Waals surface area (Å²) in [5.74, 6) is 2.43. The van der Waals surface area contributed by atoms with E-state index in [0.29, 0.717) is 5.92 Å². The third kappa shape index (κ3) is 3.21. The monoisotopic (exact) mass is 238 g/mol. The topological polar surface area (TPSA) is 49.5 Å². The SMILES string of the molecule is NC(CO)(CN(CC1CC1)CC1CC1)C1CC1. The quantitative estimate of drug-likeness (QED) is 0.668. The lowest BCUT2D eigenvalue weighted by Crippen LogP contribution is -2.55. The predicted molar refractivity (Wildman–Crippen MR) is 68.6 cm³/mol. The molecule has 0 aliphatic heterocycles. The van der Waals surface area contributed by atoms with Gasteiger partial charge in [0.25, 0.3) is 0 Å². The molecule has 17 heavy (non-hydrogen) atoms. The van der Waals surface area contributed by atoms with Crippen LogP contribution in [0.1, 0.15) is 38.5 Å². The molecule has 3 nitrogen and oxygen atoms in total. The summed E-state index contributed by atoms with van der Waals surface area (Å²) in [7, 11) is 0. The number of aliphatic hydroxyl groups is 1. The van der Waals surface area contributed by atoms with Crippen molar-refractivity contribution >= 4 is 0 Å². The van der Waals surface area contributed by atoms with Crippen LogP contribution in [0.3, 0.4) is 0 Å². The van der Waals surface area contributed by atoms with Crippen molar-refractivity contribution in [3.8, 4) is 0 Å². The number of aliphatic hydroxyl groups excluding tert-OH is 1. The van der Waals surface area contributed by atoms with Crippen molar-refractivity contribution in [2.24, 2.45) is 23.5 Å². The standard InChI is InChI=1S/C14H26N2O/c15-14(10-17,13-5-6-13)9-16(7-11-1-2-11)8-12-3-4-12/h11-13,17H,1-10,15H2. The van der Waals surface area contributed by atoms with Crippen LogP contribution in [0.25, 0.3) is 0 Å². The van der Waals surface area contributed by atoms with Gasteiger partial charge in [-0.3, -0.25) is 0 Å². The second-order valence-electron chi connectivity index (χ2n) is 6.75. The maximum Gasteiger partial charge on any atom is 0.0626 e. The van der Waals surface area contributed by atoms with Gasteiger partial charge >= 0.3 is 0 Å².